The Kier molecular flexibility index (Phi) is 5.17. The van der Waals surface area contributed by atoms with E-state index < -0.39 is 0 Å². The maximum absolute atomic E-state index is 12.1. The number of hydrogen-bond donors (Lipinski definition) is 1. The number of rotatable bonds is 6. The van der Waals surface area contributed by atoms with Crippen LogP contribution in [0, 0.1) is 0 Å². The Morgan fingerprint density at radius 1 is 1.40 bits per heavy atom. The molecule has 0 fully saturated rings. The van der Waals surface area contributed by atoms with E-state index >= 15 is 0 Å². The van der Waals surface area contributed by atoms with Crippen LogP contribution in [0.5, 0.6) is 0 Å². The first-order valence-corrected chi connectivity index (χ1v) is 7.57. The van der Waals surface area contributed by atoms with Crippen molar-refractivity contribution >= 4 is 23.4 Å². The van der Waals surface area contributed by atoms with Crippen molar-refractivity contribution in [1.29, 1.82) is 0 Å². The molecule has 0 aliphatic carbocycles. The van der Waals surface area contributed by atoms with E-state index in [4.69, 9.17) is 0 Å². The van der Waals surface area contributed by atoms with Crippen LogP contribution in [0.15, 0.2) is 41.8 Å². The summed E-state index contributed by atoms with van der Waals surface area (Å²) in [7, 11) is 0. The lowest BCUT2D eigenvalue weighted by molar-refractivity contribution is -0.119. The van der Waals surface area contributed by atoms with Crippen molar-refractivity contribution in [2.75, 3.05) is 11.1 Å². The molecule has 1 unspecified atom stereocenters. The summed E-state index contributed by atoms with van der Waals surface area (Å²) in [5.41, 5.74) is 0.794. The zero-order valence-corrected chi connectivity index (χ0v) is 12.4. The molecule has 1 amide bonds. The Hall–Kier alpha value is -1.82. The van der Waals surface area contributed by atoms with Crippen molar-refractivity contribution < 1.29 is 4.79 Å². The van der Waals surface area contributed by atoms with Crippen LogP contribution in [-0.4, -0.2) is 26.4 Å². The topological polar surface area (TPSA) is 59.8 Å². The van der Waals surface area contributed by atoms with Gasteiger partial charge in [0.05, 0.1) is 0 Å². The van der Waals surface area contributed by atoms with E-state index in [1.165, 1.54) is 22.2 Å². The molecule has 0 radical (unpaired) electrons. The van der Waals surface area contributed by atoms with Gasteiger partial charge in [-0.2, -0.15) is 5.10 Å². The molecule has 20 heavy (non-hydrogen) atoms. The highest BCUT2D eigenvalue weighted by Crippen LogP contribution is 2.21. The molecule has 5 nitrogen and oxygen atoms in total. The molecule has 1 N–H and O–H groups in total. The van der Waals surface area contributed by atoms with Crippen LogP contribution in [-0.2, 0) is 4.79 Å². The summed E-state index contributed by atoms with van der Waals surface area (Å²) in [6.45, 7) is 3.95. The van der Waals surface area contributed by atoms with Crippen LogP contribution in [0.4, 0.5) is 5.69 Å². The number of hydrogen-bond acceptors (Lipinski definition) is 4. The van der Waals surface area contributed by atoms with E-state index in [9.17, 15) is 4.79 Å². The lowest BCUT2D eigenvalue weighted by Gasteiger charge is -2.12. The predicted octanol–water partition coefficient (Wildman–Crippen LogP) is 2.98. The molecule has 2 aromatic rings. The molecule has 0 saturated carbocycles. The van der Waals surface area contributed by atoms with Gasteiger partial charge < -0.3 is 5.32 Å². The number of nitrogens with one attached hydrogen (secondary N) is 1. The highest BCUT2D eigenvalue weighted by atomic mass is 32.2. The van der Waals surface area contributed by atoms with E-state index in [1.807, 2.05) is 36.0 Å². The lowest BCUT2D eigenvalue weighted by atomic mass is 10.3. The molecule has 0 spiro atoms. The fraction of sp³-hybridized carbons (Fsp3) is 0.357. The molecular formula is C14H18N4OS. The van der Waals surface area contributed by atoms with Crippen LogP contribution in [0.2, 0.25) is 0 Å². The van der Waals surface area contributed by atoms with Crippen LogP contribution < -0.4 is 5.32 Å². The number of carbonyl (C=O) groups excluding carboxylic acids is 1. The van der Waals surface area contributed by atoms with Gasteiger partial charge >= 0.3 is 0 Å². The number of benzene rings is 1. The zero-order chi connectivity index (χ0) is 14.4. The van der Waals surface area contributed by atoms with Gasteiger partial charge in [-0.3, -0.25) is 4.79 Å². The third-order valence-electron chi connectivity index (χ3n) is 2.81. The summed E-state index contributed by atoms with van der Waals surface area (Å²) in [4.78, 5) is 17.1. The molecule has 1 heterocycles. The van der Waals surface area contributed by atoms with Gasteiger partial charge in [0.25, 0.3) is 0 Å². The van der Waals surface area contributed by atoms with Crippen LogP contribution in [0.25, 0.3) is 0 Å². The van der Waals surface area contributed by atoms with Gasteiger partial charge in [-0.1, -0.05) is 6.92 Å². The van der Waals surface area contributed by atoms with Gasteiger partial charge in [0.15, 0.2) is 0 Å². The largest absolute Gasteiger partial charge is 0.324 e. The molecule has 0 bridgehead atoms. The number of aromatic nitrogens is 3. The van der Waals surface area contributed by atoms with E-state index in [-0.39, 0.29) is 11.9 Å². The average Bonchev–Trinajstić information content (AvgIpc) is 3.00. The molecule has 1 aromatic carbocycles. The molecule has 0 saturated heterocycles. The molecule has 6 heteroatoms. The lowest BCUT2D eigenvalue weighted by Crippen LogP contribution is -2.23. The predicted molar refractivity (Wildman–Crippen MR) is 80.8 cm³/mol. The number of amides is 1. The maximum Gasteiger partial charge on any atom is 0.249 e. The van der Waals surface area contributed by atoms with Gasteiger partial charge in [0, 0.05) is 10.6 Å². The summed E-state index contributed by atoms with van der Waals surface area (Å²) in [5.74, 6) is 0.999. The minimum atomic E-state index is -0.383. The standard InChI is InChI=1S/C14H18N4OS/c1-3-8-20-13-6-4-12(5-7-13)17-14(19)11(2)18-10-15-9-16-18/h4-7,9-11H,3,8H2,1-2H3,(H,17,19). The Morgan fingerprint density at radius 3 is 2.75 bits per heavy atom. The fourth-order valence-corrected chi connectivity index (χ4v) is 2.41. The van der Waals surface area contributed by atoms with Gasteiger partial charge in [-0.25, -0.2) is 9.67 Å². The fourth-order valence-electron chi connectivity index (χ4n) is 1.64. The molecule has 1 atom stereocenters. The Bertz CT molecular complexity index is 539. The summed E-state index contributed by atoms with van der Waals surface area (Å²) in [6.07, 6.45) is 4.11. The molecule has 0 aliphatic rings. The Morgan fingerprint density at radius 2 is 2.15 bits per heavy atom. The Labute approximate surface area is 122 Å². The van der Waals surface area contributed by atoms with Gasteiger partial charge in [-0.05, 0) is 43.4 Å². The third kappa shape index (κ3) is 3.84. The quantitative estimate of drug-likeness (QED) is 0.831. The minimum Gasteiger partial charge on any atom is -0.324 e. The van der Waals surface area contributed by atoms with E-state index in [0.717, 1.165) is 17.9 Å². The van der Waals surface area contributed by atoms with E-state index in [1.54, 1.807) is 6.92 Å². The van der Waals surface area contributed by atoms with Crippen molar-refractivity contribution in [1.82, 2.24) is 14.8 Å². The van der Waals surface area contributed by atoms with Crippen LogP contribution in [0.3, 0.4) is 0 Å². The van der Waals surface area contributed by atoms with Crippen molar-refractivity contribution in [3.05, 3.63) is 36.9 Å². The summed E-state index contributed by atoms with van der Waals surface area (Å²) in [6, 6.07) is 7.51. The minimum absolute atomic E-state index is 0.107. The molecule has 106 valence electrons. The molecular weight excluding hydrogens is 272 g/mol. The smallest absolute Gasteiger partial charge is 0.249 e. The van der Waals surface area contributed by atoms with E-state index in [2.05, 4.69) is 22.3 Å². The summed E-state index contributed by atoms with van der Waals surface area (Å²) >= 11 is 1.82. The monoisotopic (exact) mass is 290 g/mol. The molecule has 0 aliphatic heterocycles. The molecule has 1 aromatic heterocycles. The molecule has 2 rings (SSSR count). The van der Waals surface area contributed by atoms with Crippen molar-refractivity contribution in [3.8, 4) is 0 Å². The van der Waals surface area contributed by atoms with Gasteiger partial charge in [0.1, 0.15) is 18.7 Å². The van der Waals surface area contributed by atoms with Gasteiger partial charge in [-0.15, -0.1) is 11.8 Å². The summed E-state index contributed by atoms with van der Waals surface area (Å²) in [5, 5.41) is 6.84. The summed E-state index contributed by atoms with van der Waals surface area (Å²) < 4.78 is 1.53. The van der Waals surface area contributed by atoms with Crippen LogP contribution in [0.1, 0.15) is 26.3 Å². The first-order chi connectivity index (χ1) is 9.70. The first-order valence-electron chi connectivity index (χ1n) is 6.58. The highest BCUT2D eigenvalue weighted by Gasteiger charge is 2.15. The second kappa shape index (κ2) is 7.09. The number of anilines is 1. The third-order valence-corrected chi connectivity index (χ3v) is 4.03. The number of nitrogens with zero attached hydrogens (tertiary/aromatic N) is 3. The number of carbonyl (C=O) groups is 1. The second-order valence-electron chi connectivity index (χ2n) is 4.41. The normalized spacial score (nSPS) is 12.1. The van der Waals surface area contributed by atoms with Gasteiger partial charge in [0.2, 0.25) is 5.91 Å². The van der Waals surface area contributed by atoms with Crippen LogP contribution >= 0.6 is 11.8 Å². The second-order valence-corrected chi connectivity index (χ2v) is 5.58. The maximum atomic E-state index is 12.1. The van der Waals surface area contributed by atoms with Crippen molar-refractivity contribution in [2.45, 2.75) is 31.2 Å². The highest BCUT2D eigenvalue weighted by molar-refractivity contribution is 7.99. The Balaban J connectivity index is 1.94. The van der Waals surface area contributed by atoms with E-state index in [0.29, 0.717) is 0 Å². The van der Waals surface area contributed by atoms with Crippen molar-refractivity contribution in [2.24, 2.45) is 0 Å². The van der Waals surface area contributed by atoms with Crippen molar-refractivity contribution in [3.63, 3.8) is 0 Å². The average molecular weight is 290 g/mol. The number of thioether (sulfide) groups is 1. The zero-order valence-electron chi connectivity index (χ0n) is 11.6. The SMILES string of the molecule is CCCSc1ccc(NC(=O)C(C)n2cncn2)cc1. The first kappa shape index (κ1) is 14.6.